The molecular formula is C22H33Hf-3. The summed E-state index contributed by atoms with van der Waals surface area (Å²) in [6, 6.07) is 9.65. The summed E-state index contributed by atoms with van der Waals surface area (Å²) >= 11 is 0. The van der Waals surface area contributed by atoms with Gasteiger partial charge in [0.2, 0.25) is 0 Å². The second kappa shape index (κ2) is 8.70. The Kier molecular flexibility index (Phi) is 8.58. The van der Waals surface area contributed by atoms with E-state index in [1.54, 1.807) is 16.7 Å². The molecule has 0 nitrogen and oxygen atoms in total. The van der Waals surface area contributed by atoms with Gasteiger partial charge in [-0.3, -0.25) is 0 Å². The van der Waals surface area contributed by atoms with E-state index in [2.05, 4.69) is 52.0 Å². The van der Waals surface area contributed by atoms with Crippen molar-refractivity contribution in [1.82, 2.24) is 0 Å². The molecule has 2 aromatic rings. The zero-order valence-electron chi connectivity index (χ0n) is 15.9. The van der Waals surface area contributed by atoms with Crippen LogP contribution < -0.4 is 0 Å². The van der Waals surface area contributed by atoms with Crippen molar-refractivity contribution in [2.75, 3.05) is 0 Å². The van der Waals surface area contributed by atoms with Crippen LogP contribution in [0.5, 0.6) is 0 Å². The summed E-state index contributed by atoms with van der Waals surface area (Å²) in [4.78, 5) is 0. The molecular weight excluding hydrogens is 443 g/mol. The molecule has 2 aromatic carbocycles. The SMILES string of the molecule is CCC1(CC)Cc2cc3cc[c-](CC(C)C)c3cc2C1.[CH3-].[CH3-].[Hf]. The number of hydrogen-bond donors (Lipinski definition) is 0. The zero-order valence-corrected chi connectivity index (χ0v) is 19.5. The molecule has 1 aliphatic rings. The van der Waals surface area contributed by atoms with Crippen molar-refractivity contribution < 1.29 is 25.8 Å². The summed E-state index contributed by atoms with van der Waals surface area (Å²) < 4.78 is 0. The van der Waals surface area contributed by atoms with E-state index < -0.39 is 0 Å². The molecule has 23 heavy (non-hydrogen) atoms. The Labute approximate surface area is 163 Å². The van der Waals surface area contributed by atoms with Crippen LogP contribution in [0.25, 0.3) is 10.8 Å². The first-order valence-corrected chi connectivity index (χ1v) is 8.27. The maximum Gasteiger partial charge on any atom is 0 e. The molecule has 1 heteroatoms. The van der Waals surface area contributed by atoms with Crippen LogP contribution in [0.2, 0.25) is 0 Å². The maximum atomic E-state index is 2.51. The Morgan fingerprint density at radius 3 is 2.13 bits per heavy atom. The van der Waals surface area contributed by atoms with Crippen molar-refractivity contribution in [1.29, 1.82) is 0 Å². The van der Waals surface area contributed by atoms with Crippen molar-refractivity contribution in [2.24, 2.45) is 11.3 Å². The van der Waals surface area contributed by atoms with Crippen LogP contribution in [-0.4, -0.2) is 0 Å². The Balaban J connectivity index is 0.00000161. The standard InChI is InChI=1S/C20H27.2CH3.Hf/c1-5-20(6-2)12-17-10-16-8-7-15(9-14(3)4)19(16)11-18(17)13-20;;;/h7-8,10-11,14H,5-6,9,12-13H2,1-4H3;2*1H3;/q3*-1;. The van der Waals surface area contributed by atoms with E-state index in [0.717, 1.165) is 5.92 Å². The number of fused-ring (bicyclic) bond motifs is 2. The van der Waals surface area contributed by atoms with Crippen LogP contribution in [0.1, 0.15) is 57.2 Å². The van der Waals surface area contributed by atoms with Gasteiger partial charge in [-0.2, -0.15) is 6.07 Å². The van der Waals surface area contributed by atoms with Gasteiger partial charge in [0, 0.05) is 25.8 Å². The molecule has 0 N–H and O–H groups in total. The monoisotopic (exact) mass is 477 g/mol. The molecule has 0 bridgehead atoms. The predicted molar refractivity (Wildman–Crippen MR) is 101 cm³/mol. The third-order valence-corrected chi connectivity index (χ3v) is 5.44. The second-order valence-electron chi connectivity index (χ2n) is 7.23. The van der Waals surface area contributed by atoms with Gasteiger partial charge in [0.1, 0.15) is 0 Å². The molecule has 128 valence electrons. The van der Waals surface area contributed by atoms with Crippen molar-refractivity contribution in [3.05, 3.63) is 55.8 Å². The van der Waals surface area contributed by atoms with E-state index in [0.29, 0.717) is 5.41 Å². The number of hydrogen-bond acceptors (Lipinski definition) is 0. The van der Waals surface area contributed by atoms with E-state index in [9.17, 15) is 0 Å². The Morgan fingerprint density at radius 1 is 1.04 bits per heavy atom. The molecule has 3 rings (SSSR count). The molecule has 0 heterocycles. The van der Waals surface area contributed by atoms with Crippen molar-refractivity contribution in [3.63, 3.8) is 0 Å². The van der Waals surface area contributed by atoms with Crippen LogP contribution in [0, 0.1) is 26.2 Å². The quantitative estimate of drug-likeness (QED) is 0.347. The fourth-order valence-electron chi connectivity index (χ4n) is 3.97. The minimum absolute atomic E-state index is 0. The first-order chi connectivity index (χ1) is 9.57. The van der Waals surface area contributed by atoms with Crippen LogP contribution in [0.15, 0.2) is 24.3 Å². The summed E-state index contributed by atoms with van der Waals surface area (Å²) in [7, 11) is 0. The van der Waals surface area contributed by atoms with Gasteiger partial charge in [-0.1, -0.05) is 51.2 Å². The minimum atomic E-state index is 0. The minimum Gasteiger partial charge on any atom is -0.358 e. The van der Waals surface area contributed by atoms with Crippen molar-refractivity contribution in [3.8, 4) is 0 Å². The second-order valence-corrected chi connectivity index (χ2v) is 7.23. The molecule has 0 saturated heterocycles. The van der Waals surface area contributed by atoms with Gasteiger partial charge in [0.25, 0.3) is 0 Å². The van der Waals surface area contributed by atoms with Gasteiger partial charge >= 0.3 is 0 Å². The molecule has 0 aliphatic heterocycles. The van der Waals surface area contributed by atoms with Gasteiger partial charge in [-0.05, 0) is 31.1 Å². The fourth-order valence-corrected chi connectivity index (χ4v) is 3.97. The molecule has 0 radical (unpaired) electrons. The van der Waals surface area contributed by atoms with Gasteiger partial charge in [-0.15, -0.1) is 34.5 Å². The molecule has 0 spiro atoms. The molecule has 1 aliphatic carbocycles. The normalized spacial score (nSPS) is 14.8. The van der Waals surface area contributed by atoms with E-state index in [1.807, 2.05) is 0 Å². The molecule has 0 atom stereocenters. The number of rotatable bonds is 4. The van der Waals surface area contributed by atoms with Crippen LogP contribution in [-0.2, 0) is 45.1 Å². The summed E-state index contributed by atoms with van der Waals surface area (Å²) in [5, 5.41) is 2.97. The van der Waals surface area contributed by atoms with E-state index in [4.69, 9.17) is 0 Å². The topological polar surface area (TPSA) is 0 Å². The van der Waals surface area contributed by atoms with Gasteiger partial charge in [0.15, 0.2) is 0 Å². The Hall–Kier alpha value is -0.300. The predicted octanol–water partition coefficient (Wildman–Crippen LogP) is 6.56. The zero-order chi connectivity index (χ0) is 14.3. The number of benzene rings is 1. The average Bonchev–Trinajstić information content (AvgIpc) is 2.97. The summed E-state index contributed by atoms with van der Waals surface area (Å²) in [5.74, 6) is 0.735. The first kappa shape index (κ1) is 22.7. The van der Waals surface area contributed by atoms with Crippen LogP contribution in [0.3, 0.4) is 0 Å². The molecule has 0 aromatic heterocycles. The van der Waals surface area contributed by atoms with Crippen molar-refractivity contribution >= 4 is 10.8 Å². The average molecular weight is 476 g/mol. The third kappa shape index (κ3) is 4.21. The van der Waals surface area contributed by atoms with Crippen LogP contribution in [0.4, 0.5) is 0 Å². The van der Waals surface area contributed by atoms with Crippen molar-refractivity contribution in [2.45, 2.75) is 59.8 Å². The molecule has 0 amide bonds. The first-order valence-electron chi connectivity index (χ1n) is 8.27. The molecule has 0 unspecified atom stereocenters. The fraction of sp³-hybridized carbons (Fsp3) is 0.500. The largest absolute Gasteiger partial charge is 0.358 e. The third-order valence-electron chi connectivity index (χ3n) is 5.44. The van der Waals surface area contributed by atoms with Crippen LogP contribution >= 0.6 is 0 Å². The van der Waals surface area contributed by atoms with E-state index >= 15 is 0 Å². The van der Waals surface area contributed by atoms with E-state index in [-0.39, 0.29) is 40.7 Å². The molecule has 0 saturated carbocycles. The maximum absolute atomic E-state index is 2.51. The molecule has 0 fully saturated rings. The summed E-state index contributed by atoms with van der Waals surface area (Å²) in [6.07, 6.45) is 6.39. The smallest absolute Gasteiger partial charge is 0 e. The van der Waals surface area contributed by atoms with Gasteiger partial charge in [-0.25, -0.2) is 0 Å². The Morgan fingerprint density at radius 2 is 1.61 bits per heavy atom. The summed E-state index contributed by atoms with van der Waals surface area (Å²) in [6.45, 7) is 9.34. The van der Waals surface area contributed by atoms with Gasteiger partial charge in [0.05, 0.1) is 0 Å². The Bertz CT molecular complexity index is 614. The summed E-state index contributed by atoms with van der Waals surface area (Å²) in [5.41, 5.74) is 5.32. The van der Waals surface area contributed by atoms with E-state index in [1.165, 1.54) is 42.9 Å². The van der Waals surface area contributed by atoms with Gasteiger partial charge < -0.3 is 14.9 Å².